The highest BCUT2D eigenvalue weighted by molar-refractivity contribution is 6.02. The van der Waals surface area contributed by atoms with Crippen LogP contribution in [0.25, 0.3) is 6.08 Å². The highest BCUT2D eigenvalue weighted by atomic mass is 16.5. The molecule has 0 saturated heterocycles. The number of methoxy groups -OCH3 is 1. The largest absolute Gasteiger partial charge is 0.490 e. The number of nitrogens with zero attached hydrogens (tertiary/aromatic N) is 1. The van der Waals surface area contributed by atoms with Gasteiger partial charge in [-0.05, 0) is 49.2 Å². The second kappa shape index (κ2) is 12.4. The third-order valence-electron chi connectivity index (χ3n) is 3.71. The Morgan fingerprint density at radius 3 is 2.69 bits per heavy atom. The highest BCUT2D eigenvalue weighted by Gasteiger charge is 2.08. The van der Waals surface area contributed by atoms with Crippen LogP contribution < -0.4 is 19.5 Å². The molecule has 2 aromatic rings. The Hall–Kier alpha value is -3.06. The molecule has 0 atom stereocenters. The van der Waals surface area contributed by atoms with Crippen molar-refractivity contribution in [2.75, 3.05) is 38.9 Å². The molecule has 0 saturated carbocycles. The van der Waals surface area contributed by atoms with Crippen molar-refractivity contribution < 1.29 is 23.7 Å². The molecule has 1 heterocycles. The van der Waals surface area contributed by atoms with Crippen molar-refractivity contribution in [1.82, 2.24) is 4.98 Å². The molecule has 156 valence electrons. The smallest absolute Gasteiger partial charge is 0.248 e. The fourth-order valence-corrected chi connectivity index (χ4v) is 2.40. The molecule has 7 heteroatoms. The summed E-state index contributed by atoms with van der Waals surface area (Å²) in [5.41, 5.74) is 1.33. The maximum Gasteiger partial charge on any atom is 0.248 e. The lowest BCUT2D eigenvalue weighted by atomic mass is 10.2. The van der Waals surface area contributed by atoms with Gasteiger partial charge >= 0.3 is 0 Å². The number of pyridine rings is 1. The van der Waals surface area contributed by atoms with Crippen molar-refractivity contribution in [2.24, 2.45) is 0 Å². The van der Waals surface area contributed by atoms with Gasteiger partial charge in [0.2, 0.25) is 11.8 Å². The summed E-state index contributed by atoms with van der Waals surface area (Å²) in [6.07, 6.45) is 5.68. The lowest BCUT2D eigenvalue weighted by molar-refractivity contribution is -0.111. The number of carbonyl (C=O) groups is 1. The van der Waals surface area contributed by atoms with E-state index in [0.717, 1.165) is 12.0 Å². The Balaban J connectivity index is 2.04. The van der Waals surface area contributed by atoms with Gasteiger partial charge in [0.25, 0.3) is 0 Å². The van der Waals surface area contributed by atoms with Crippen molar-refractivity contribution >= 4 is 17.7 Å². The molecular formula is C22H28N2O5. The summed E-state index contributed by atoms with van der Waals surface area (Å²) < 4.78 is 21.8. The first-order chi connectivity index (χ1) is 14.2. The minimum absolute atomic E-state index is 0.293. The Bertz CT molecular complexity index is 808. The molecule has 0 radical (unpaired) electrons. The third-order valence-corrected chi connectivity index (χ3v) is 3.71. The van der Waals surface area contributed by atoms with E-state index in [9.17, 15) is 4.79 Å². The van der Waals surface area contributed by atoms with Crippen LogP contribution in [0.15, 0.2) is 42.6 Å². The molecular weight excluding hydrogens is 372 g/mol. The number of hydrogen-bond donors (Lipinski definition) is 1. The van der Waals surface area contributed by atoms with Crippen LogP contribution in [0, 0.1) is 0 Å². The zero-order chi connectivity index (χ0) is 20.9. The molecule has 29 heavy (non-hydrogen) atoms. The van der Waals surface area contributed by atoms with Crippen molar-refractivity contribution in [2.45, 2.75) is 20.3 Å². The summed E-state index contributed by atoms with van der Waals surface area (Å²) in [6, 6.07) is 9.03. The summed E-state index contributed by atoms with van der Waals surface area (Å²) in [7, 11) is 1.59. The van der Waals surface area contributed by atoms with Gasteiger partial charge in [-0.1, -0.05) is 13.0 Å². The summed E-state index contributed by atoms with van der Waals surface area (Å²) >= 11 is 0. The number of nitrogens with one attached hydrogen (secondary N) is 1. The normalized spacial score (nSPS) is 10.7. The Morgan fingerprint density at radius 2 is 1.93 bits per heavy atom. The molecule has 2 rings (SSSR count). The minimum atomic E-state index is -0.293. The number of ether oxygens (including phenoxy) is 4. The molecule has 1 aromatic heterocycles. The molecule has 0 bridgehead atoms. The maximum atomic E-state index is 12.3. The predicted molar refractivity (Wildman–Crippen MR) is 113 cm³/mol. The fourth-order valence-electron chi connectivity index (χ4n) is 2.40. The monoisotopic (exact) mass is 400 g/mol. The Kier molecular flexibility index (Phi) is 9.51. The molecule has 0 unspecified atom stereocenters. The molecule has 0 fully saturated rings. The molecule has 1 N–H and O–H groups in total. The molecule has 7 nitrogen and oxygen atoms in total. The average molecular weight is 400 g/mol. The summed E-state index contributed by atoms with van der Waals surface area (Å²) in [5.74, 6) is 1.41. The molecule has 1 amide bonds. The van der Waals surface area contributed by atoms with Crippen molar-refractivity contribution in [3.05, 3.63) is 48.2 Å². The number of carbonyl (C=O) groups excluding carboxylic acids is 1. The van der Waals surface area contributed by atoms with E-state index < -0.39 is 0 Å². The van der Waals surface area contributed by atoms with Gasteiger partial charge in [-0.2, -0.15) is 0 Å². The maximum absolute atomic E-state index is 12.3. The molecule has 0 aliphatic rings. The zero-order valence-corrected chi connectivity index (χ0v) is 17.1. The van der Waals surface area contributed by atoms with E-state index in [2.05, 4.69) is 10.3 Å². The first-order valence-electron chi connectivity index (χ1n) is 9.63. The van der Waals surface area contributed by atoms with Crippen LogP contribution in [0.2, 0.25) is 0 Å². The van der Waals surface area contributed by atoms with Crippen molar-refractivity contribution in [3.8, 4) is 17.4 Å². The Morgan fingerprint density at radius 1 is 1.07 bits per heavy atom. The van der Waals surface area contributed by atoms with Gasteiger partial charge < -0.3 is 24.3 Å². The van der Waals surface area contributed by atoms with Gasteiger partial charge in [0, 0.05) is 19.4 Å². The quantitative estimate of drug-likeness (QED) is 0.429. The van der Waals surface area contributed by atoms with Crippen LogP contribution in [0.4, 0.5) is 5.69 Å². The standard InChI is InChI=1S/C22H28N2O5/c1-4-13-28-19-10-8-17(16-20(19)27-5-2)9-11-21(25)24-18-7-6-12-23-22(18)29-15-14-26-3/h6-12,16H,4-5,13-15H2,1-3H3,(H,24,25)/b11-9+. The van der Waals surface area contributed by atoms with E-state index in [0.29, 0.717) is 49.5 Å². The van der Waals surface area contributed by atoms with Crippen LogP contribution in [0.1, 0.15) is 25.8 Å². The van der Waals surface area contributed by atoms with Gasteiger partial charge in [0.1, 0.15) is 12.3 Å². The van der Waals surface area contributed by atoms with Crippen molar-refractivity contribution in [3.63, 3.8) is 0 Å². The van der Waals surface area contributed by atoms with Gasteiger partial charge in [-0.3, -0.25) is 4.79 Å². The number of amides is 1. The average Bonchev–Trinajstić information content (AvgIpc) is 2.73. The van der Waals surface area contributed by atoms with Gasteiger partial charge in [0.05, 0.1) is 19.8 Å². The van der Waals surface area contributed by atoms with E-state index in [4.69, 9.17) is 18.9 Å². The summed E-state index contributed by atoms with van der Waals surface area (Å²) in [4.78, 5) is 16.5. The first-order valence-corrected chi connectivity index (χ1v) is 9.63. The number of anilines is 1. The van der Waals surface area contributed by atoms with Gasteiger partial charge in [-0.25, -0.2) is 4.98 Å². The van der Waals surface area contributed by atoms with E-state index >= 15 is 0 Å². The minimum Gasteiger partial charge on any atom is -0.490 e. The molecule has 1 aromatic carbocycles. The number of rotatable bonds is 12. The SMILES string of the molecule is CCCOc1ccc(/C=C/C(=O)Nc2cccnc2OCCOC)cc1OCC. The number of benzene rings is 1. The van der Waals surface area contributed by atoms with Gasteiger partial charge in [0.15, 0.2) is 11.5 Å². The summed E-state index contributed by atoms with van der Waals surface area (Å²) in [5, 5.41) is 2.78. The Labute approximate surface area is 171 Å². The van der Waals surface area contributed by atoms with E-state index in [1.807, 2.05) is 32.0 Å². The van der Waals surface area contributed by atoms with E-state index in [-0.39, 0.29) is 5.91 Å². The summed E-state index contributed by atoms with van der Waals surface area (Å²) in [6.45, 7) is 5.90. The van der Waals surface area contributed by atoms with Gasteiger partial charge in [-0.15, -0.1) is 0 Å². The zero-order valence-electron chi connectivity index (χ0n) is 17.1. The second-order valence-electron chi connectivity index (χ2n) is 6.01. The van der Waals surface area contributed by atoms with Crippen LogP contribution in [-0.4, -0.2) is 44.4 Å². The molecule has 0 aliphatic carbocycles. The lowest BCUT2D eigenvalue weighted by Crippen LogP contribution is -2.12. The van der Waals surface area contributed by atoms with Crippen LogP contribution in [0.3, 0.4) is 0 Å². The fraction of sp³-hybridized carbons (Fsp3) is 0.364. The van der Waals surface area contributed by atoms with Crippen LogP contribution >= 0.6 is 0 Å². The van der Waals surface area contributed by atoms with Crippen LogP contribution in [-0.2, 0) is 9.53 Å². The lowest BCUT2D eigenvalue weighted by Gasteiger charge is -2.12. The van der Waals surface area contributed by atoms with E-state index in [1.54, 1.807) is 31.5 Å². The first kappa shape index (κ1) is 22.2. The molecule has 0 spiro atoms. The second-order valence-corrected chi connectivity index (χ2v) is 6.01. The van der Waals surface area contributed by atoms with Crippen LogP contribution in [0.5, 0.6) is 17.4 Å². The third kappa shape index (κ3) is 7.46. The predicted octanol–water partition coefficient (Wildman–Crippen LogP) is 3.95. The van der Waals surface area contributed by atoms with E-state index in [1.165, 1.54) is 6.08 Å². The number of hydrogen-bond acceptors (Lipinski definition) is 6. The molecule has 0 aliphatic heterocycles. The number of aromatic nitrogens is 1. The topological polar surface area (TPSA) is 78.9 Å². The van der Waals surface area contributed by atoms with Crippen molar-refractivity contribution in [1.29, 1.82) is 0 Å². The highest BCUT2D eigenvalue weighted by Crippen LogP contribution is 2.29.